The Balaban J connectivity index is 0.00000312. The number of halogens is 1. The number of hydrogen-bond acceptors (Lipinski definition) is 5. The first-order chi connectivity index (χ1) is 11.5. The maximum Gasteiger partial charge on any atom is 0.269 e. The number of amides is 1. The average Bonchev–Trinajstić information content (AvgIpc) is 2.59. The molecule has 0 unspecified atom stereocenters. The van der Waals surface area contributed by atoms with Gasteiger partial charge in [0.05, 0.1) is 11.5 Å². The molecule has 0 saturated carbocycles. The number of rotatable bonds is 8. The number of non-ortho nitro benzene ring substituents is 1. The van der Waals surface area contributed by atoms with E-state index < -0.39 is 4.92 Å². The van der Waals surface area contributed by atoms with E-state index >= 15 is 0 Å². The molecule has 7 nitrogen and oxygen atoms in total. The normalized spacial score (nSPS) is 15.9. The number of ether oxygens (including phenoxy) is 1. The highest BCUT2D eigenvalue weighted by molar-refractivity contribution is 5.85. The molecule has 1 heterocycles. The second-order valence-electron chi connectivity index (χ2n) is 6.39. The molecule has 1 fully saturated rings. The van der Waals surface area contributed by atoms with Crippen LogP contribution in [0.1, 0.15) is 24.8 Å². The van der Waals surface area contributed by atoms with Crippen LogP contribution in [0.2, 0.25) is 0 Å². The van der Waals surface area contributed by atoms with Gasteiger partial charge in [-0.3, -0.25) is 14.9 Å². The molecule has 1 amide bonds. The highest BCUT2D eigenvalue weighted by atomic mass is 35.5. The van der Waals surface area contributed by atoms with E-state index in [0.717, 1.165) is 31.5 Å². The van der Waals surface area contributed by atoms with Crippen molar-refractivity contribution in [2.75, 3.05) is 33.4 Å². The third-order valence-electron chi connectivity index (χ3n) is 4.54. The molecule has 1 aromatic rings. The number of aryl methyl sites for hydroxylation is 1. The SMILES string of the molecule is COCC1(CNC(=O)CCc2cccc([N+](=O)[O-])c2)CCNCC1.Cl. The van der Waals surface area contributed by atoms with Crippen LogP contribution in [0, 0.1) is 15.5 Å². The molecule has 0 bridgehead atoms. The molecule has 0 radical (unpaired) electrons. The standard InChI is InChI=1S/C17H25N3O4.ClH/c1-24-13-17(7-9-18-10-8-17)12-19-16(21)6-5-14-3-2-4-15(11-14)20(22)23;/h2-4,11,18H,5-10,12-13H2,1H3,(H,19,21);1H. The van der Waals surface area contributed by atoms with Crippen molar-refractivity contribution < 1.29 is 14.5 Å². The second kappa shape index (κ2) is 10.3. The van der Waals surface area contributed by atoms with Gasteiger partial charge in [0.1, 0.15) is 0 Å². The molecule has 0 spiro atoms. The summed E-state index contributed by atoms with van der Waals surface area (Å²) in [5, 5.41) is 17.1. The summed E-state index contributed by atoms with van der Waals surface area (Å²) in [5.41, 5.74) is 0.857. The van der Waals surface area contributed by atoms with Crippen LogP contribution in [-0.4, -0.2) is 44.2 Å². The lowest BCUT2D eigenvalue weighted by Gasteiger charge is -2.37. The molecule has 0 aromatic heterocycles. The number of nitrogens with zero attached hydrogens (tertiary/aromatic N) is 1. The minimum absolute atomic E-state index is 0. The molecular weight excluding hydrogens is 346 g/mol. The first-order valence-electron chi connectivity index (χ1n) is 8.24. The minimum atomic E-state index is -0.421. The van der Waals surface area contributed by atoms with E-state index in [2.05, 4.69) is 10.6 Å². The van der Waals surface area contributed by atoms with Crippen molar-refractivity contribution in [1.29, 1.82) is 0 Å². The minimum Gasteiger partial charge on any atom is -0.384 e. The van der Waals surface area contributed by atoms with Gasteiger partial charge in [0.25, 0.3) is 5.69 Å². The first kappa shape index (κ1) is 21.3. The zero-order valence-corrected chi connectivity index (χ0v) is 15.3. The van der Waals surface area contributed by atoms with Crippen LogP contribution < -0.4 is 10.6 Å². The summed E-state index contributed by atoms with van der Waals surface area (Å²) in [7, 11) is 1.69. The Kier molecular flexibility index (Phi) is 8.82. The van der Waals surface area contributed by atoms with Crippen LogP contribution in [0.15, 0.2) is 24.3 Å². The van der Waals surface area contributed by atoms with Gasteiger partial charge in [-0.15, -0.1) is 12.4 Å². The van der Waals surface area contributed by atoms with E-state index in [1.165, 1.54) is 12.1 Å². The zero-order valence-electron chi connectivity index (χ0n) is 14.5. The third-order valence-corrected chi connectivity index (χ3v) is 4.54. The summed E-state index contributed by atoms with van der Waals surface area (Å²) in [4.78, 5) is 22.5. The fourth-order valence-corrected chi connectivity index (χ4v) is 3.09. The summed E-state index contributed by atoms with van der Waals surface area (Å²) in [6.07, 6.45) is 2.77. The van der Waals surface area contributed by atoms with Crippen LogP contribution in [-0.2, 0) is 16.0 Å². The monoisotopic (exact) mass is 371 g/mol. The molecular formula is C17H26ClN3O4. The van der Waals surface area contributed by atoms with Crippen molar-refractivity contribution in [3.8, 4) is 0 Å². The van der Waals surface area contributed by atoms with E-state index in [0.29, 0.717) is 26.0 Å². The maximum absolute atomic E-state index is 12.1. The number of nitro benzene ring substituents is 1. The van der Waals surface area contributed by atoms with Gasteiger partial charge in [0.2, 0.25) is 5.91 Å². The largest absolute Gasteiger partial charge is 0.384 e. The molecule has 25 heavy (non-hydrogen) atoms. The zero-order chi connectivity index (χ0) is 17.4. The van der Waals surface area contributed by atoms with E-state index in [1.807, 2.05) is 0 Å². The summed E-state index contributed by atoms with van der Waals surface area (Å²) in [6, 6.07) is 6.43. The van der Waals surface area contributed by atoms with Gasteiger partial charge < -0.3 is 15.4 Å². The van der Waals surface area contributed by atoms with Crippen molar-refractivity contribution in [2.24, 2.45) is 5.41 Å². The Morgan fingerprint density at radius 1 is 1.40 bits per heavy atom. The number of nitro groups is 1. The van der Waals surface area contributed by atoms with Crippen molar-refractivity contribution in [3.63, 3.8) is 0 Å². The van der Waals surface area contributed by atoms with Gasteiger partial charge in [-0.1, -0.05) is 12.1 Å². The second-order valence-corrected chi connectivity index (χ2v) is 6.39. The summed E-state index contributed by atoms with van der Waals surface area (Å²) < 4.78 is 5.34. The quantitative estimate of drug-likeness (QED) is 0.539. The molecule has 1 aliphatic heterocycles. The molecule has 140 valence electrons. The number of carbonyl (C=O) groups excluding carboxylic acids is 1. The molecule has 2 N–H and O–H groups in total. The van der Waals surface area contributed by atoms with E-state index in [-0.39, 0.29) is 29.4 Å². The number of nitrogens with one attached hydrogen (secondary N) is 2. The van der Waals surface area contributed by atoms with Gasteiger partial charge in [-0.05, 0) is 37.9 Å². The average molecular weight is 372 g/mol. The van der Waals surface area contributed by atoms with Gasteiger partial charge in [0.15, 0.2) is 0 Å². The fraction of sp³-hybridized carbons (Fsp3) is 0.588. The molecule has 1 saturated heterocycles. The third kappa shape index (κ3) is 6.61. The smallest absolute Gasteiger partial charge is 0.269 e. The Morgan fingerprint density at radius 3 is 2.76 bits per heavy atom. The van der Waals surface area contributed by atoms with Crippen LogP contribution in [0.5, 0.6) is 0 Å². The van der Waals surface area contributed by atoms with E-state index in [4.69, 9.17) is 4.74 Å². The molecule has 2 rings (SSSR count). The van der Waals surface area contributed by atoms with Gasteiger partial charge in [-0.2, -0.15) is 0 Å². The number of carbonyl (C=O) groups is 1. The molecule has 1 aromatic carbocycles. The lowest BCUT2D eigenvalue weighted by molar-refractivity contribution is -0.384. The number of benzene rings is 1. The van der Waals surface area contributed by atoms with Gasteiger partial charge >= 0.3 is 0 Å². The number of piperidine rings is 1. The predicted octanol–water partition coefficient (Wildman–Crippen LogP) is 2.08. The molecule has 1 aliphatic rings. The predicted molar refractivity (Wildman–Crippen MR) is 98.1 cm³/mol. The van der Waals surface area contributed by atoms with Crippen LogP contribution in [0.4, 0.5) is 5.69 Å². The number of methoxy groups -OCH3 is 1. The van der Waals surface area contributed by atoms with E-state index in [9.17, 15) is 14.9 Å². The van der Waals surface area contributed by atoms with Crippen molar-refractivity contribution in [1.82, 2.24) is 10.6 Å². The van der Waals surface area contributed by atoms with E-state index in [1.54, 1.807) is 19.2 Å². The van der Waals surface area contributed by atoms with Crippen LogP contribution in [0.3, 0.4) is 0 Å². The molecule has 8 heteroatoms. The maximum atomic E-state index is 12.1. The highest BCUT2D eigenvalue weighted by Crippen LogP contribution is 2.28. The van der Waals surface area contributed by atoms with Gasteiger partial charge in [-0.25, -0.2) is 0 Å². The Morgan fingerprint density at radius 2 is 2.12 bits per heavy atom. The Labute approximate surface area is 154 Å². The summed E-state index contributed by atoms with van der Waals surface area (Å²) in [6.45, 7) is 3.12. The summed E-state index contributed by atoms with van der Waals surface area (Å²) >= 11 is 0. The van der Waals surface area contributed by atoms with Crippen molar-refractivity contribution in [2.45, 2.75) is 25.7 Å². The highest BCUT2D eigenvalue weighted by Gasteiger charge is 2.32. The lowest BCUT2D eigenvalue weighted by Crippen LogP contribution is -2.47. The van der Waals surface area contributed by atoms with Crippen LogP contribution in [0.25, 0.3) is 0 Å². The van der Waals surface area contributed by atoms with Gasteiger partial charge in [0, 0.05) is 37.6 Å². The number of hydrogen-bond donors (Lipinski definition) is 2. The fourth-order valence-electron chi connectivity index (χ4n) is 3.09. The topological polar surface area (TPSA) is 93.5 Å². The van der Waals surface area contributed by atoms with Crippen molar-refractivity contribution >= 4 is 24.0 Å². The molecule has 0 aliphatic carbocycles. The van der Waals surface area contributed by atoms with Crippen LogP contribution >= 0.6 is 12.4 Å². The first-order valence-corrected chi connectivity index (χ1v) is 8.24. The molecule has 0 atom stereocenters. The summed E-state index contributed by atoms with van der Waals surface area (Å²) in [5.74, 6) is -0.0319. The lowest BCUT2D eigenvalue weighted by atomic mass is 9.79. The van der Waals surface area contributed by atoms with Crippen molar-refractivity contribution in [3.05, 3.63) is 39.9 Å². The Hall–Kier alpha value is -1.70. The Bertz CT molecular complexity index is 571.